The number of rotatable bonds is 7. The molecule has 120 valence electrons. The Morgan fingerprint density at radius 1 is 1.23 bits per heavy atom. The van der Waals surface area contributed by atoms with E-state index in [0.717, 1.165) is 6.42 Å². The van der Waals surface area contributed by atoms with Crippen molar-refractivity contribution in [3.63, 3.8) is 0 Å². The van der Waals surface area contributed by atoms with Crippen LogP contribution in [-0.2, 0) is 9.59 Å². The minimum Gasteiger partial charge on any atom is -0.481 e. The second kappa shape index (κ2) is 7.92. The molecule has 0 aliphatic heterocycles. The van der Waals surface area contributed by atoms with E-state index in [-0.39, 0.29) is 18.1 Å². The first kappa shape index (κ1) is 16.5. The van der Waals surface area contributed by atoms with Crippen LogP contribution in [0.15, 0.2) is 24.3 Å². The van der Waals surface area contributed by atoms with Crippen molar-refractivity contribution in [1.29, 1.82) is 0 Å². The zero-order valence-electron chi connectivity index (χ0n) is 12.6. The molecule has 0 saturated heterocycles. The van der Waals surface area contributed by atoms with Crippen molar-refractivity contribution in [2.75, 3.05) is 0 Å². The number of nitrogens with one attached hydrogen (secondary N) is 1. The Morgan fingerprint density at radius 3 is 2.45 bits per heavy atom. The van der Waals surface area contributed by atoms with Gasteiger partial charge in [0.05, 0.1) is 12.5 Å². The van der Waals surface area contributed by atoms with Crippen LogP contribution in [0.5, 0.6) is 0 Å². The van der Waals surface area contributed by atoms with Crippen LogP contribution in [0.4, 0.5) is 4.39 Å². The third kappa shape index (κ3) is 5.13. The van der Waals surface area contributed by atoms with Crippen molar-refractivity contribution in [2.24, 2.45) is 5.92 Å². The van der Waals surface area contributed by atoms with E-state index >= 15 is 0 Å². The summed E-state index contributed by atoms with van der Waals surface area (Å²) >= 11 is 0. The number of benzene rings is 1. The van der Waals surface area contributed by atoms with E-state index in [9.17, 15) is 14.0 Å². The standard InChI is InChI=1S/C17H22FNO3/c18-14-8-6-13(7-9-14)15(11-17(21)22)19-16(20)10-5-12-3-1-2-4-12/h6-9,12,15H,1-5,10-11H2,(H,19,20)(H,21,22). The lowest BCUT2D eigenvalue weighted by Crippen LogP contribution is -2.30. The van der Waals surface area contributed by atoms with Crippen LogP contribution in [0.1, 0.15) is 56.6 Å². The Bertz CT molecular complexity index is 509. The summed E-state index contributed by atoms with van der Waals surface area (Å²) < 4.78 is 13.0. The molecule has 0 radical (unpaired) electrons. The molecule has 1 saturated carbocycles. The van der Waals surface area contributed by atoms with Gasteiger partial charge in [-0.15, -0.1) is 0 Å². The summed E-state index contributed by atoms with van der Waals surface area (Å²) in [6.07, 6.45) is 5.92. The summed E-state index contributed by atoms with van der Waals surface area (Å²) in [4.78, 5) is 23.0. The van der Waals surface area contributed by atoms with E-state index < -0.39 is 12.0 Å². The largest absolute Gasteiger partial charge is 0.481 e. The molecule has 1 aromatic rings. The van der Waals surface area contributed by atoms with Crippen LogP contribution in [0.25, 0.3) is 0 Å². The van der Waals surface area contributed by atoms with Gasteiger partial charge in [0.15, 0.2) is 0 Å². The Hall–Kier alpha value is -1.91. The molecule has 1 atom stereocenters. The number of carboxylic acids is 1. The van der Waals surface area contributed by atoms with E-state index in [1.807, 2.05) is 0 Å². The quantitative estimate of drug-likeness (QED) is 0.811. The summed E-state index contributed by atoms with van der Waals surface area (Å²) in [5.41, 5.74) is 0.609. The fraction of sp³-hybridized carbons (Fsp3) is 0.529. The lowest BCUT2D eigenvalue weighted by atomic mass is 10.0. The van der Waals surface area contributed by atoms with E-state index in [1.165, 1.54) is 49.9 Å². The number of aliphatic carboxylic acids is 1. The molecule has 4 nitrogen and oxygen atoms in total. The molecule has 1 aliphatic carbocycles. The zero-order valence-corrected chi connectivity index (χ0v) is 12.6. The minimum absolute atomic E-state index is 0.137. The van der Waals surface area contributed by atoms with Crippen molar-refractivity contribution < 1.29 is 19.1 Å². The van der Waals surface area contributed by atoms with Gasteiger partial charge < -0.3 is 10.4 Å². The molecule has 1 unspecified atom stereocenters. The molecule has 1 aliphatic rings. The van der Waals surface area contributed by atoms with Gasteiger partial charge in [0.2, 0.25) is 5.91 Å². The third-order valence-electron chi connectivity index (χ3n) is 4.24. The predicted octanol–water partition coefficient (Wildman–Crippen LogP) is 3.43. The number of carbonyl (C=O) groups excluding carboxylic acids is 1. The SMILES string of the molecule is O=C(O)CC(NC(=O)CCC1CCCC1)c1ccc(F)cc1. The molecule has 1 fully saturated rings. The highest BCUT2D eigenvalue weighted by molar-refractivity contribution is 5.77. The normalized spacial score (nSPS) is 16.4. The average molecular weight is 307 g/mol. The third-order valence-corrected chi connectivity index (χ3v) is 4.24. The molecular formula is C17H22FNO3. The highest BCUT2D eigenvalue weighted by Crippen LogP contribution is 2.28. The van der Waals surface area contributed by atoms with E-state index in [1.54, 1.807) is 0 Å². The van der Waals surface area contributed by atoms with Crippen molar-refractivity contribution in [3.8, 4) is 0 Å². The van der Waals surface area contributed by atoms with Gasteiger partial charge in [-0.05, 0) is 30.0 Å². The molecule has 1 aromatic carbocycles. The van der Waals surface area contributed by atoms with Gasteiger partial charge in [-0.2, -0.15) is 0 Å². The second-order valence-corrected chi connectivity index (χ2v) is 5.96. The van der Waals surface area contributed by atoms with E-state index in [4.69, 9.17) is 5.11 Å². The number of carboxylic acid groups (broad SMARTS) is 1. The first-order valence-electron chi connectivity index (χ1n) is 7.81. The summed E-state index contributed by atoms with van der Waals surface area (Å²) in [7, 11) is 0. The van der Waals surface area contributed by atoms with Gasteiger partial charge in [-0.25, -0.2) is 4.39 Å². The summed E-state index contributed by atoms with van der Waals surface area (Å²) in [6, 6.07) is 4.96. The van der Waals surface area contributed by atoms with Crippen molar-refractivity contribution in [1.82, 2.24) is 5.32 Å². The highest BCUT2D eigenvalue weighted by Gasteiger charge is 2.20. The van der Waals surface area contributed by atoms with Crippen LogP contribution < -0.4 is 5.32 Å². The molecule has 5 heteroatoms. The van der Waals surface area contributed by atoms with Crippen LogP contribution in [-0.4, -0.2) is 17.0 Å². The molecular weight excluding hydrogens is 285 g/mol. The van der Waals surface area contributed by atoms with Crippen molar-refractivity contribution in [2.45, 2.75) is 51.0 Å². The Kier molecular flexibility index (Phi) is 5.92. The molecule has 0 bridgehead atoms. The van der Waals surface area contributed by atoms with Gasteiger partial charge >= 0.3 is 5.97 Å². The van der Waals surface area contributed by atoms with E-state index in [2.05, 4.69) is 5.32 Å². The van der Waals surface area contributed by atoms with Gasteiger partial charge in [-0.3, -0.25) is 9.59 Å². The zero-order chi connectivity index (χ0) is 15.9. The van der Waals surface area contributed by atoms with Gasteiger partial charge in [0.1, 0.15) is 5.82 Å². The minimum atomic E-state index is -0.995. The Labute approximate surface area is 129 Å². The maximum Gasteiger partial charge on any atom is 0.305 e. The maximum atomic E-state index is 13.0. The average Bonchev–Trinajstić information content (AvgIpc) is 2.98. The molecule has 22 heavy (non-hydrogen) atoms. The number of hydrogen-bond acceptors (Lipinski definition) is 2. The number of halogens is 1. The van der Waals surface area contributed by atoms with Crippen LogP contribution in [0.3, 0.4) is 0 Å². The first-order chi connectivity index (χ1) is 10.5. The van der Waals surface area contributed by atoms with Crippen molar-refractivity contribution in [3.05, 3.63) is 35.6 Å². The summed E-state index contributed by atoms with van der Waals surface area (Å²) in [5.74, 6) is -0.896. The van der Waals surface area contributed by atoms with Crippen LogP contribution >= 0.6 is 0 Å². The molecule has 2 N–H and O–H groups in total. The highest BCUT2D eigenvalue weighted by atomic mass is 19.1. The Morgan fingerprint density at radius 2 is 1.86 bits per heavy atom. The first-order valence-corrected chi connectivity index (χ1v) is 7.81. The monoisotopic (exact) mass is 307 g/mol. The van der Waals surface area contributed by atoms with Gasteiger partial charge in [-0.1, -0.05) is 37.8 Å². The molecule has 0 aromatic heterocycles. The lowest BCUT2D eigenvalue weighted by Gasteiger charge is -2.18. The van der Waals surface area contributed by atoms with E-state index in [0.29, 0.717) is 17.9 Å². The molecule has 1 amide bonds. The molecule has 0 spiro atoms. The fourth-order valence-corrected chi connectivity index (χ4v) is 3.02. The summed E-state index contributed by atoms with van der Waals surface area (Å²) in [6.45, 7) is 0. The Balaban J connectivity index is 1.91. The number of hydrogen-bond donors (Lipinski definition) is 2. The summed E-state index contributed by atoms with van der Waals surface area (Å²) in [5, 5.41) is 11.8. The van der Waals surface area contributed by atoms with Crippen LogP contribution in [0.2, 0.25) is 0 Å². The fourth-order valence-electron chi connectivity index (χ4n) is 3.02. The van der Waals surface area contributed by atoms with Crippen LogP contribution in [0, 0.1) is 11.7 Å². The van der Waals surface area contributed by atoms with Gasteiger partial charge in [0, 0.05) is 6.42 Å². The lowest BCUT2D eigenvalue weighted by molar-refractivity contribution is -0.137. The smallest absolute Gasteiger partial charge is 0.305 e. The second-order valence-electron chi connectivity index (χ2n) is 5.96. The molecule has 2 rings (SSSR count). The maximum absolute atomic E-state index is 13.0. The van der Waals surface area contributed by atoms with Crippen molar-refractivity contribution >= 4 is 11.9 Å². The molecule has 0 heterocycles. The predicted molar refractivity (Wildman–Crippen MR) is 80.7 cm³/mol. The number of carbonyl (C=O) groups is 2. The van der Waals surface area contributed by atoms with Gasteiger partial charge in [0.25, 0.3) is 0 Å². The number of amides is 1. The topological polar surface area (TPSA) is 66.4 Å².